The summed E-state index contributed by atoms with van der Waals surface area (Å²) in [6.07, 6.45) is 1.37. The largest absolute Gasteiger partial charge is 0.508 e. The van der Waals surface area contributed by atoms with E-state index < -0.39 is 23.9 Å². The van der Waals surface area contributed by atoms with E-state index in [-0.39, 0.29) is 12.3 Å². The molecule has 0 spiro atoms. The maximum Gasteiger partial charge on any atom is 0.389 e. The summed E-state index contributed by atoms with van der Waals surface area (Å²) in [5, 5.41) is 13.3. The third-order valence-electron chi connectivity index (χ3n) is 4.36. The molecule has 0 radical (unpaired) electrons. The normalized spacial score (nSPS) is 19.4. The first-order valence-corrected chi connectivity index (χ1v) is 8.14. The number of phenolic OH excluding ortho intramolecular Hbond substituents is 1. The number of hydrogen-bond donors (Lipinski definition) is 2. The lowest BCUT2D eigenvalue weighted by atomic mass is 10.1. The van der Waals surface area contributed by atoms with Gasteiger partial charge in [0.1, 0.15) is 12.3 Å². The smallest absolute Gasteiger partial charge is 0.389 e. The number of benzene rings is 1. The van der Waals surface area contributed by atoms with E-state index >= 15 is 0 Å². The zero-order valence-electron chi connectivity index (χ0n) is 15.1. The molecule has 1 unspecified atom stereocenters. The number of carbonyl (C=O) groups is 3. The minimum absolute atomic E-state index is 0.140. The molecular formula is C17H19N6O4+. The maximum absolute atomic E-state index is 12.4. The Hall–Kier alpha value is -3.65. The highest BCUT2D eigenvalue weighted by molar-refractivity contribution is 6.22. The van der Waals surface area contributed by atoms with Gasteiger partial charge in [0, 0.05) is 7.05 Å². The Morgan fingerprint density at radius 2 is 1.89 bits per heavy atom. The fraction of sp³-hybridized carbons (Fsp3) is 0.294. The molecule has 1 saturated heterocycles. The molecule has 4 amide bonds. The zero-order chi connectivity index (χ0) is 19.7. The highest BCUT2D eigenvalue weighted by Gasteiger charge is 2.53. The predicted octanol–water partition coefficient (Wildman–Crippen LogP) is -1.07. The van der Waals surface area contributed by atoms with E-state index in [1.165, 1.54) is 42.4 Å². The van der Waals surface area contributed by atoms with Gasteiger partial charge in [0.15, 0.2) is 0 Å². The van der Waals surface area contributed by atoms with Gasteiger partial charge in [-0.15, -0.1) is 0 Å². The number of urea groups is 1. The van der Waals surface area contributed by atoms with Crippen molar-refractivity contribution >= 4 is 35.7 Å². The molecule has 0 aliphatic carbocycles. The summed E-state index contributed by atoms with van der Waals surface area (Å²) in [6.45, 7) is 1.57. The van der Waals surface area contributed by atoms with Gasteiger partial charge in [-0.2, -0.15) is 10.0 Å². The summed E-state index contributed by atoms with van der Waals surface area (Å²) >= 11 is 0. The first kappa shape index (κ1) is 18.2. The Morgan fingerprint density at radius 1 is 1.22 bits per heavy atom. The van der Waals surface area contributed by atoms with E-state index in [2.05, 4.69) is 15.2 Å². The van der Waals surface area contributed by atoms with Crippen LogP contribution in [0.1, 0.15) is 12.5 Å². The van der Waals surface area contributed by atoms with Crippen LogP contribution >= 0.6 is 0 Å². The molecule has 0 bridgehead atoms. The minimum Gasteiger partial charge on any atom is -0.508 e. The average Bonchev–Trinajstić information content (AvgIpc) is 3.07. The quantitative estimate of drug-likeness (QED) is 0.397. The van der Waals surface area contributed by atoms with Crippen molar-refractivity contribution in [1.29, 1.82) is 0 Å². The van der Waals surface area contributed by atoms with Gasteiger partial charge in [0.25, 0.3) is 24.2 Å². The van der Waals surface area contributed by atoms with Gasteiger partial charge in [-0.05, 0) is 36.8 Å². The van der Waals surface area contributed by atoms with Crippen LogP contribution in [0.4, 0.5) is 4.79 Å². The summed E-state index contributed by atoms with van der Waals surface area (Å²) in [5.74, 6) is -0.445. The van der Waals surface area contributed by atoms with Gasteiger partial charge in [-0.1, -0.05) is 0 Å². The molecule has 2 aliphatic heterocycles. The Labute approximate surface area is 155 Å². The monoisotopic (exact) mass is 371 g/mol. The van der Waals surface area contributed by atoms with Gasteiger partial charge in [-0.3, -0.25) is 19.4 Å². The van der Waals surface area contributed by atoms with Crippen LogP contribution in [0.5, 0.6) is 5.75 Å². The van der Waals surface area contributed by atoms with Crippen molar-refractivity contribution in [2.24, 2.45) is 5.10 Å². The van der Waals surface area contributed by atoms with Crippen molar-refractivity contribution in [2.75, 3.05) is 20.6 Å². The number of imide groups is 1. The SMILES string of the molecule is C/C(=N\NC(=O)CN1C=[N+]=C2C1C(=O)N(C)C(=O)N2C)c1ccc(O)cc1. The molecule has 1 aromatic carbocycles. The number of aromatic hydroxyl groups is 1. The molecule has 1 fully saturated rings. The number of nitrogens with zero attached hydrogens (tertiary/aromatic N) is 5. The van der Waals surface area contributed by atoms with Crippen molar-refractivity contribution in [1.82, 2.24) is 24.8 Å². The lowest BCUT2D eigenvalue weighted by molar-refractivity contribution is -0.131. The Kier molecular flexibility index (Phi) is 4.66. The van der Waals surface area contributed by atoms with Gasteiger partial charge in [-0.25, -0.2) is 14.9 Å². The number of nitrogens with one attached hydrogen (secondary N) is 1. The van der Waals surface area contributed by atoms with Crippen LogP contribution in [-0.4, -0.2) is 82.2 Å². The van der Waals surface area contributed by atoms with E-state index in [9.17, 15) is 19.5 Å². The third kappa shape index (κ3) is 3.38. The lowest BCUT2D eigenvalue weighted by Crippen LogP contribution is -2.63. The van der Waals surface area contributed by atoms with Crippen molar-refractivity contribution in [3.8, 4) is 5.75 Å². The molecule has 2 aliphatic rings. The fourth-order valence-electron chi connectivity index (χ4n) is 2.79. The maximum atomic E-state index is 12.4. The highest BCUT2D eigenvalue weighted by Crippen LogP contribution is 2.15. The summed E-state index contributed by atoms with van der Waals surface area (Å²) in [6, 6.07) is 5.12. The van der Waals surface area contributed by atoms with Crippen molar-refractivity contribution in [2.45, 2.75) is 13.0 Å². The van der Waals surface area contributed by atoms with Gasteiger partial charge >= 0.3 is 11.9 Å². The number of hydrogen-bond acceptors (Lipinski definition) is 6. The van der Waals surface area contributed by atoms with Crippen LogP contribution in [-0.2, 0) is 9.59 Å². The second-order valence-corrected chi connectivity index (χ2v) is 6.20. The summed E-state index contributed by atoms with van der Waals surface area (Å²) in [5.41, 5.74) is 3.74. The molecule has 0 saturated carbocycles. The molecule has 2 N–H and O–H groups in total. The molecule has 140 valence electrons. The number of carbonyl (C=O) groups excluding carboxylic acids is 3. The number of hydrazone groups is 1. The standard InChI is InChI=1S/C17H18N6O4/c1-10(11-4-6-12(24)7-5-11)19-20-13(25)8-23-9-18-15-14(23)16(26)22(3)17(27)21(15)2/h4-7,9,14H,8H2,1-3H3,(H-,19,20,24,25)/p+1. The molecule has 2 heterocycles. The molecule has 0 aromatic heterocycles. The second-order valence-electron chi connectivity index (χ2n) is 6.20. The third-order valence-corrected chi connectivity index (χ3v) is 4.36. The molecular weight excluding hydrogens is 352 g/mol. The van der Waals surface area contributed by atoms with E-state index in [1.54, 1.807) is 19.1 Å². The molecule has 3 rings (SSSR count). The predicted molar refractivity (Wildman–Crippen MR) is 98.1 cm³/mol. The lowest BCUT2D eigenvalue weighted by Gasteiger charge is -2.29. The van der Waals surface area contributed by atoms with Crippen LogP contribution in [0.2, 0.25) is 0 Å². The Balaban J connectivity index is 1.64. The number of amides is 4. The summed E-state index contributed by atoms with van der Waals surface area (Å²) < 4.78 is 4.10. The van der Waals surface area contributed by atoms with Crippen molar-refractivity contribution in [3.63, 3.8) is 0 Å². The van der Waals surface area contributed by atoms with E-state index in [1.807, 2.05) is 0 Å². The second kappa shape index (κ2) is 6.93. The average molecular weight is 371 g/mol. The zero-order valence-corrected chi connectivity index (χ0v) is 15.1. The summed E-state index contributed by atoms with van der Waals surface area (Å²) in [7, 11) is 2.92. The number of rotatable bonds is 4. The topological polar surface area (TPSA) is 120 Å². The number of fused-ring (bicyclic) bond motifs is 1. The molecule has 1 atom stereocenters. The van der Waals surface area contributed by atoms with Crippen LogP contribution in [0.15, 0.2) is 29.4 Å². The van der Waals surface area contributed by atoms with E-state index in [0.717, 1.165) is 10.5 Å². The highest BCUT2D eigenvalue weighted by atomic mass is 16.3. The van der Waals surface area contributed by atoms with Gasteiger partial charge in [0.05, 0.1) is 12.8 Å². The Bertz CT molecular complexity index is 901. The number of likely N-dealkylation sites (N-methyl/N-ethyl adjacent to an activating group) is 2. The van der Waals surface area contributed by atoms with Crippen molar-refractivity contribution < 1.29 is 19.5 Å². The van der Waals surface area contributed by atoms with Crippen molar-refractivity contribution in [3.05, 3.63) is 29.8 Å². The first-order valence-electron chi connectivity index (χ1n) is 8.14. The van der Waals surface area contributed by atoms with E-state index in [4.69, 9.17) is 0 Å². The Morgan fingerprint density at radius 3 is 2.56 bits per heavy atom. The van der Waals surface area contributed by atoms with Crippen LogP contribution in [0.3, 0.4) is 0 Å². The molecule has 10 nitrogen and oxygen atoms in total. The van der Waals surface area contributed by atoms with Gasteiger partial charge in [0.2, 0.25) is 0 Å². The minimum atomic E-state index is -0.814. The van der Waals surface area contributed by atoms with Crippen LogP contribution in [0.25, 0.3) is 0 Å². The molecule has 10 heteroatoms. The van der Waals surface area contributed by atoms with Crippen LogP contribution in [0, 0.1) is 0 Å². The first-order chi connectivity index (χ1) is 12.8. The molecule has 1 aromatic rings. The fourth-order valence-corrected chi connectivity index (χ4v) is 2.79. The number of phenols is 1. The van der Waals surface area contributed by atoms with E-state index in [0.29, 0.717) is 11.5 Å². The summed E-state index contributed by atoms with van der Waals surface area (Å²) in [4.78, 5) is 40.3. The molecule has 27 heavy (non-hydrogen) atoms. The number of amidine groups is 1. The van der Waals surface area contributed by atoms with Crippen LogP contribution < -0.4 is 10.1 Å². The van der Waals surface area contributed by atoms with Gasteiger partial charge < -0.3 is 5.11 Å².